The maximum absolute atomic E-state index is 9.29. The van der Waals surface area contributed by atoms with Crippen molar-refractivity contribution < 1.29 is 9.84 Å². The Morgan fingerprint density at radius 2 is 2.04 bits per heavy atom. The number of ether oxygens (including phenoxy) is 1. The third kappa shape index (κ3) is 5.54. The molecule has 0 heterocycles. The second kappa shape index (κ2) is 8.92. The van der Waals surface area contributed by atoms with Gasteiger partial charge in [-0.1, -0.05) is 48.4 Å². The van der Waals surface area contributed by atoms with E-state index in [-0.39, 0.29) is 12.6 Å². The highest BCUT2D eigenvalue weighted by Gasteiger charge is 2.09. The Labute approximate surface area is 143 Å². The summed E-state index contributed by atoms with van der Waals surface area (Å²) in [6, 6.07) is 14.0. The standard InChI is InChI=1S/C19H24ClNO2/c1-3-18(12-22)21-11-16-10-17(20)7-8-19(16)23-13-15-6-4-5-14(2)9-15/h4-10,18,21-22H,3,11-13H2,1-2H3/t18-/m1/s1. The third-order valence-corrected chi connectivity index (χ3v) is 4.03. The summed E-state index contributed by atoms with van der Waals surface area (Å²) in [6.45, 7) is 5.37. The quantitative estimate of drug-likeness (QED) is 0.764. The molecule has 0 bridgehead atoms. The molecule has 0 spiro atoms. The maximum atomic E-state index is 9.29. The van der Waals surface area contributed by atoms with E-state index >= 15 is 0 Å². The second-order valence-corrected chi connectivity index (χ2v) is 6.13. The van der Waals surface area contributed by atoms with Crippen LogP contribution in [-0.2, 0) is 13.2 Å². The topological polar surface area (TPSA) is 41.5 Å². The first-order chi connectivity index (χ1) is 11.1. The van der Waals surface area contributed by atoms with Crippen LogP contribution in [0, 0.1) is 6.92 Å². The molecule has 124 valence electrons. The fourth-order valence-electron chi connectivity index (χ4n) is 2.38. The number of rotatable bonds is 8. The number of hydrogen-bond acceptors (Lipinski definition) is 3. The molecule has 23 heavy (non-hydrogen) atoms. The van der Waals surface area contributed by atoms with Crippen LogP contribution in [0.25, 0.3) is 0 Å². The normalized spacial score (nSPS) is 12.2. The van der Waals surface area contributed by atoms with Crippen molar-refractivity contribution in [2.45, 2.75) is 39.5 Å². The van der Waals surface area contributed by atoms with Crippen LogP contribution in [0.2, 0.25) is 5.02 Å². The minimum atomic E-state index is 0.0820. The van der Waals surface area contributed by atoms with E-state index in [1.807, 2.05) is 31.2 Å². The summed E-state index contributed by atoms with van der Waals surface area (Å²) in [6.07, 6.45) is 0.872. The minimum Gasteiger partial charge on any atom is -0.489 e. The minimum absolute atomic E-state index is 0.0820. The molecule has 0 aromatic heterocycles. The first-order valence-corrected chi connectivity index (χ1v) is 8.31. The van der Waals surface area contributed by atoms with Gasteiger partial charge >= 0.3 is 0 Å². The zero-order valence-electron chi connectivity index (χ0n) is 13.7. The van der Waals surface area contributed by atoms with Gasteiger partial charge in [0, 0.05) is 23.2 Å². The van der Waals surface area contributed by atoms with E-state index in [1.54, 1.807) is 0 Å². The fraction of sp³-hybridized carbons (Fsp3) is 0.368. The molecule has 2 aromatic carbocycles. The molecule has 2 aromatic rings. The maximum Gasteiger partial charge on any atom is 0.124 e. The first kappa shape index (κ1) is 17.8. The van der Waals surface area contributed by atoms with Crippen molar-refractivity contribution in [2.24, 2.45) is 0 Å². The van der Waals surface area contributed by atoms with Gasteiger partial charge in [0.1, 0.15) is 12.4 Å². The van der Waals surface area contributed by atoms with Crippen LogP contribution >= 0.6 is 11.6 Å². The SMILES string of the molecule is CC[C@H](CO)NCc1cc(Cl)ccc1OCc1cccc(C)c1. The van der Waals surface area contributed by atoms with Gasteiger partial charge in [-0.25, -0.2) is 0 Å². The van der Waals surface area contributed by atoms with Gasteiger partial charge in [0.25, 0.3) is 0 Å². The molecule has 0 amide bonds. The Hall–Kier alpha value is -1.55. The zero-order valence-corrected chi connectivity index (χ0v) is 14.4. The lowest BCUT2D eigenvalue weighted by atomic mass is 10.1. The van der Waals surface area contributed by atoms with Gasteiger partial charge in [-0.05, 0) is 37.1 Å². The number of hydrogen-bond donors (Lipinski definition) is 2. The van der Waals surface area contributed by atoms with E-state index in [9.17, 15) is 5.11 Å². The van der Waals surface area contributed by atoms with Crippen LogP contribution in [0.15, 0.2) is 42.5 Å². The highest BCUT2D eigenvalue weighted by molar-refractivity contribution is 6.30. The third-order valence-electron chi connectivity index (χ3n) is 3.79. The molecule has 4 heteroatoms. The van der Waals surface area contributed by atoms with Crippen molar-refractivity contribution in [1.29, 1.82) is 0 Å². The van der Waals surface area contributed by atoms with E-state index in [0.29, 0.717) is 18.2 Å². The summed E-state index contributed by atoms with van der Waals surface area (Å²) in [4.78, 5) is 0. The lowest BCUT2D eigenvalue weighted by Gasteiger charge is -2.17. The van der Waals surface area contributed by atoms with Crippen molar-refractivity contribution in [3.05, 3.63) is 64.2 Å². The molecule has 0 fully saturated rings. The molecule has 0 aliphatic heterocycles. The van der Waals surface area contributed by atoms with Crippen molar-refractivity contribution in [3.63, 3.8) is 0 Å². The molecule has 2 rings (SSSR count). The van der Waals surface area contributed by atoms with Crippen LogP contribution in [0.5, 0.6) is 5.75 Å². The van der Waals surface area contributed by atoms with Gasteiger partial charge in [0.2, 0.25) is 0 Å². The number of nitrogens with one attached hydrogen (secondary N) is 1. The molecule has 0 unspecified atom stereocenters. The van der Waals surface area contributed by atoms with E-state index < -0.39 is 0 Å². The number of benzene rings is 2. The molecule has 1 atom stereocenters. The molecule has 3 nitrogen and oxygen atoms in total. The summed E-state index contributed by atoms with van der Waals surface area (Å²) >= 11 is 6.11. The van der Waals surface area contributed by atoms with E-state index in [2.05, 4.69) is 30.4 Å². The van der Waals surface area contributed by atoms with E-state index in [4.69, 9.17) is 16.3 Å². The van der Waals surface area contributed by atoms with Gasteiger partial charge in [0.05, 0.1) is 6.61 Å². The van der Waals surface area contributed by atoms with Gasteiger partial charge < -0.3 is 15.2 Å². The number of aliphatic hydroxyl groups excluding tert-OH is 1. The Bertz CT molecular complexity index is 627. The van der Waals surface area contributed by atoms with Gasteiger partial charge in [-0.2, -0.15) is 0 Å². The monoisotopic (exact) mass is 333 g/mol. The molecule has 0 saturated carbocycles. The number of aliphatic hydroxyl groups is 1. The summed E-state index contributed by atoms with van der Waals surface area (Å²) in [7, 11) is 0. The Balaban J connectivity index is 2.05. The Morgan fingerprint density at radius 3 is 2.74 bits per heavy atom. The van der Waals surface area contributed by atoms with Crippen molar-refractivity contribution in [3.8, 4) is 5.75 Å². The van der Waals surface area contributed by atoms with Gasteiger partial charge in [-0.15, -0.1) is 0 Å². The van der Waals surface area contributed by atoms with Crippen LogP contribution in [0.1, 0.15) is 30.0 Å². The number of aryl methyl sites for hydroxylation is 1. The molecule has 2 N–H and O–H groups in total. The van der Waals surface area contributed by atoms with Crippen LogP contribution in [-0.4, -0.2) is 17.8 Å². The van der Waals surface area contributed by atoms with Gasteiger partial charge in [-0.3, -0.25) is 0 Å². The van der Waals surface area contributed by atoms with E-state index in [1.165, 1.54) is 5.56 Å². The average molecular weight is 334 g/mol. The number of halogens is 1. The summed E-state index contributed by atoms with van der Waals surface area (Å²) < 4.78 is 5.97. The van der Waals surface area contributed by atoms with Crippen LogP contribution in [0.4, 0.5) is 0 Å². The van der Waals surface area contributed by atoms with Crippen molar-refractivity contribution in [2.75, 3.05) is 6.61 Å². The fourth-order valence-corrected chi connectivity index (χ4v) is 2.58. The molecule has 0 aliphatic rings. The molecular weight excluding hydrogens is 310 g/mol. The first-order valence-electron chi connectivity index (χ1n) is 7.93. The molecule has 0 radical (unpaired) electrons. The highest BCUT2D eigenvalue weighted by atomic mass is 35.5. The lowest BCUT2D eigenvalue weighted by Crippen LogP contribution is -2.31. The smallest absolute Gasteiger partial charge is 0.124 e. The predicted octanol–water partition coefficient (Wildman–Crippen LogP) is 4.09. The Morgan fingerprint density at radius 1 is 1.22 bits per heavy atom. The van der Waals surface area contributed by atoms with Gasteiger partial charge in [0.15, 0.2) is 0 Å². The molecular formula is C19H24ClNO2. The summed E-state index contributed by atoms with van der Waals surface area (Å²) in [5.41, 5.74) is 3.36. The van der Waals surface area contributed by atoms with Crippen LogP contribution < -0.4 is 10.1 Å². The summed E-state index contributed by atoms with van der Waals surface area (Å²) in [5.74, 6) is 0.816. The predicted molar refractivity (Wildman–Crippen MR) is 95.0 cm³/mol. The zero-order chi connectivity index (χ0) is 16.7. The molecule has 0 aliphatic carbocycles. The Kier molecular flexibility index (Phi) is 6.90. The average Bonchev–Trinajstić information content (AvgIpc) is 2.55. The van der Waals surface area contributed by atoms with Crippen molar-refractivity contribution in [1.82, 2.24) is 5.32 Å². The van der Waals surface area contributed by atoms with Crippen LogP contribution in [0.3, 0.4) is 0 Å². The largest absolute Gasteiger partial charge is 0.489 e. The second-order valence-electron chi connectivity index (χ2n) is 5.70. The molecule has 0 saturated heterocycles. The van der Waals surface area contributed by atoms with E-state index in [0.717, 1.165) is 23.3 Å². The highest BCUT2D eigenvalue weighted by Crippen LogP contribution is 2.24. The van der Waals surface area contributed by atoms with Crippen molar-refractivity contribution >= 4 is 11.6 Å². The summed E-state index contributed by atoms with van der Waals surface area (Å²) in [5, 5.41) is 13.3. The lowest BCUT2D eigenvalue weighted by molar-refractivity contribution is 0.237.